The number of ether oxygens (including phenoxy) is 2. The van der Waals surface area contributed by atoms with Crippen LogP contribution in [0.5, 0.6) is 5.75 Å². The van der Waals surface area contributed by atoms with Crippen molar-refractivity contribution >= 4 is 44.1 Å². The second-order valence-corrected chi connectivity index (χ2v) is 8.60. The van der Waals surface area contributed by atoms with Gasteiger partial charge in [0.2, 0.25) is 18.0 Å². The zero-order valence-corrected chi connectivity index (χ0v) is 18.6. The number of carbonyl (C=O) groups excluding carboxylic acids is 1. The first kappa shape index (κ1) is 21.0. The van der Waals surface area contributed by atoms with Gasteiger partial charge in [-0.15, -0.1) is 5.10 Å². The Morgan fingerprint density at radius 3 is 2.71 bits per heavy atom. The number of benzene rings is 2. The van der Waals surface area contributed by atoms with E-state index in [-0.39, 0.29) is 16.8 Å². The van der Waals surface area contributed by atoms with E-state index < -0.39 is 11.2 Å². The predicted molar refractivity (Wildman–Crippen MR) is 119 cm³/mol. The first-order chi connectivity index (χ1) is 14.9. The molecule has 0 fully saturated rings. The molecule has 8 nitrogen and oxygen atoms in total. The Labute approximate surface area is 190 Å². The number of thiophene rings is 1. The Kier molecular flexibility index (Phi) is 6.01. The number of hydrogen-bond acceptors (Lipinski definition) is 7. The highest BCUT2D eigenvalue weighted by molar-refractivity contribution is 9.10. The van der Waals surface area contributed by atoms with Crippen molar-refractivity contribution in [2.24, 2.45) is 5.10 Å². The highest BCUT2D eigenvalue weighted by Gasteiger charge is 2.36. The normalized spacial score (nSPS) is 15.4. The molecule has 10 heteroatoms. The first-order valence-electron chi connectivity index (χ1n) is 9.18. The lowest BCUT2D eigenvalue weighted by atomic mass is 10.2. The van der Waals surface area contributed by atoms with Crippen LogP contribution in [0.25, 0.3) is 0 Å². The largest absolute Gasteiger partial charge is 0.488 e. The molecule has 0 saturated heterocycles. The van der Waals surface area contributed by atoms with Crippen LogP contribution in [-0.4, -0.2) is 21.7 Å². The molecule has 4 rings (SSSR count). The van der Waals surface area contributed by atoms with E-state index in [0.717, 1.165) is 21.4 Å². The Morgan fingerprint density at radius 1 is 1.26 bits per heavy atom. The summed E-state index contributed by atoms with van der Waals surface area (Å²) in [6, 6.07) is 18.1. The van der Waals surface area contributed by atoms with Crippen LogP contribution in [0.15, 0.2) is 70.2 Å². The van der Waals surface area contributed by atoms with E-state index in [1.54, 1.807) is 18.2 Å². The Bertz CT molecular complexity index is 1160. The molecule has 2 aromatic carbocycles. The average Bonchev–Trinajstić information content (AvgIpc) is 3.41. The molecule has 0 unspecified atom stereocenters. The summed E-state index contributed by atoms with van der Waals surface area (Å²) in [5.74, 6) is 0.380. The van der Waals surface area contributed by atoms with E-state index in [4.69, 9.17) is 9.47 Å². The molecule has 1 aliphatic rings. The van der Waals surface area contributed by atoms with Crippen molar-refractivity contribution < 1.29 is 19.2 Å². The number of amides is 1. The molecular formula is C21H16BrN3O5S. The summed E-state index contributed by atoms with van der Waals surface area (Å²) in [6.07, 6.45) is -0.882. The Balaban J connectivity index is 1.63. The van der Waals surface area contributed by atoms with Crippen molar-refractivity contribution in [3.8, 4) is 5.75 Å². The molecule has 1 aliphatic heterocycles. The van der Waals surface area contributed by atoms with Crippen LogP contribution < -0.4 is 4.74 Å². The third-order valence-electron chi connectivity index (χ3n) is 4.41. The van der Waals surface area contributed by atoms with Crippen LogP contribution >= 0.6 is 27.3 Å². The van der Waals surface area contributed by atoms with Crippen molar-refractivity contribution in [3.05, 3.63) is 91.3 Å². The number of hydrazone groups is 1. The van der Waals surface area contributed by atoms with Gasteiger partial charge in [0.25, 0.3) is 0 Å². The SMILES string of the molecule is CC(=O)N1N=C(c2cc(Br)ccc2OCc2ccccc2)O[C@@H]1c1ccc([N+](=O)[O-])s1. The molecule has 1 aromatic heterocycles. The van der Waals surface area contributed by atoms with Crippen molar-refractivity contribution in [1.82, 2.24) is 5.01 Å². The van der Waals surface area contributed by atoms with E-state index in [1.807, 2.05) is 36.4 Å². The highest BCUT2D eigenvalue weighted by atomic mass is 79.9. The molecule has 0 saturated carbocycles. The zero-order valence-electron chi connectivity index (χ0n) is 16.2. The molecule has 0 bridgehead atoms. The highest BCUT2D eigenvalue weighted by Crippen LogP contribution is 2.38. The van der Waals surface area contributed by atoms with Gasteiger partial charge in [-0.3, -0.25) is 14.9 Å². The lowest BCUT2D eigenvalue weighted by Crippen LogP contribution is -2.24. The van der Waals surface area contributed by atoms with Crippen molar-refractivity contribution in [2.75, 3.05) is 0 Å². The maximum absolute atomic E-state index is 12.2. The maximum atomic E-state index is 12.2. The topological polar surface area (TPSA) is 94.3 Å². The van der Waals surface area contributed by atoms with Crippen LogP contribution in [-0.2, 0) is 16.1 Å². The van der Waals surface area contributed by atoms with Gasteiger partial charge in [0.15, 0.2) is 0 Å². The number of carbonyl (C=O) groups is 1. The minimum absolute atomic E-state index is 0.0371. The number of nitrogens with zero attached hydrogens (tertiary/aromatic N) is 3. The molecule has 2 heterocycles. The average molecular weight is 502 g/mol. The second-order valence-electron chi connectivity index (χ2n) is 6.59. The van der Waals surface area contributed by atoms with Crippen LogP contribution in [0.2, 0.25) is 0 Å². The smallest absolute Gasteiger partial charge is 0.324 e. The predicted octanol–water partition coefficient (Wildman–Crippen LogP) is 5.24. The fourth-order valence-electron chi connectivity index (χ4n) is 2.96. The number of halogens is 1. The standard InChI is InChI=1S/C21H16BrN3O5S/c1-13(26)24-21(18-9-10-19(31-18)25(27)28)30-20(23-24)16-11-15(22)7-8-17(16)29-12-14-5-3-2-4-6-14/h2-11,21H,12H2,1H3/t21-/m1/s1. The van der Waals surface area contributed by atoms with Crippen molar-refractivity contribution in [2.45, 2.75) is 19.8 Å². The van der Waals surface area contributed by atoms with Gasteiger partial charge >= 0.3 is 5.00 Å². The molecule has 1 amide bonds. The van der Waals surface area contributed by atoms with Crippen LogP contribution in [0.3, 0.4) is 0 Å². The van der Waals surface area contributed by atoms with Gasteiger partial charge in [0, 0.05) is 17.5 Å². The van der Waals surface area contributed by atoms with Gasteiger partial charge in [0.1, 0.15) is 12.4 Å². The summed E-state index contributed by atoms with van der Waals surface area (Å²) in [5.41, 5.74) is 1.56. The summed E-state index contributed by atoms with van der Waals surface area (Å²) in [4.78, 5) is 23.2. The quantitative estimate of drug-likeness (QED) is 0.340. The summed E-state index contributed by atoms with van der Waals surface area (Å²) in [7, 11) is 0. The Morgan fingerprint density at radius 2 is 2.03 bits per heavy atom. The third kappa shape index (κ3) is 4.59. The summed E-state index contributed by atoms with van der Waals surface area (Å²) >= 11 is 4.38. The Hall–Kier alpha value is -3.24. The van der Waals surface area contributed by atoms with Crippen molar-refractivity contribution in [3.63, 3.8) is 0 Å². The maximum Gasteiger partial charge on any atom is 0.324 e. The van der Waals surface area contributed by atoms with Crippen molar-refractivity contribution in [1.29, 1.82) is 0 Å². The van der Waals surface area contributed by atoms with E-state index in [1.165, 1.54) is 18.0 Å². The molecule has 3 aromatic rings. The van der Waals surface area contributed by atoms with Gasteiger partial charge in [-0.2, -0.15) is 5.01 Å². The molecule has 0 aliphatic carbocycles. The minimum atomic E-state index is -0.882. The molecular weight excluding hydrogens is 486 g/mol. The van der Waals surface area contributed by atoms with Crippen LogP contribution in [0.4, 0.5) is 5.00 Å². The van der Waals surface area contributed by atoms with Gasteiger partial charge in [-0.05, 0) is 29.8 Å². The van der Waals surface area contributed by atoms with Gasteiger partial charge in [-0.25, -0.2) is 0 Å². The fraction of sp³-hybridized carbons (Fsp3) is 0.143. The summed E-state index contributed by atoms with van der Waals surface area (Å²) in [5, 5.41) is 16.5. The monoisotopic (exact) mass is 501 g/mol. The summed E-state index contributed by atoms with van der Waals surface area (Å²) in [6.45, 7) is 1.71. The molecule has 31 heavy (non-hydrogen) atoms. The van der Waals surface area contributed by atoms with Crippen LogP contribution in [0, 0.1) is 10.1 Å². The second kappa shape index (κ2) is 8.86. The number of hydrogen-bond donors (Lipinski definition) is 0. The van der Waals surface area contributed by atoms with Gasteiger partial charge in [-0.1, -0.05) is 57.6 Å². The molecule has 1 atom stereocenters. The first-order valence-corrected chi connectivity index (χ1v) is 10.8. The fourth-order valence-corrected chi connectivity index (χ4v) is 4.16. The van der Waals surface area contributed by atoms with E-state index in [9.17, 15) is 14.9 Å². The van der Waals surface area contributed by atoms with Crippen LogP contribution in [0.1, 0.15) is 29.2 Å². The number of nitro groups is 1. The van der Waals surface area contributed by atoms with Gasteiger partial charge < -0.3 is 9.47 Å². The lowest BCUT2D eigenvalue weighted by Gasteiger charge is -2.17. The van der Waals surface area contributed by atoms with Gasteiger partial charge in [0.05, 0.1) is 15.4 Å². The molecule has 158 valence electrons. The van der Waals surface area contributed by atoms with E-state index in [0.29, 0.717) is 22.8 Å². The lowest BCUT2D eigenvalue weighted by molar-refractivity contribution is -0.380. The number of rotatable bonds is 6. The molecule has 0 spiro atoms. The summed E-state index contributed by atoms with van der Waals surface area (Å²) < 4.78 is 12.8. The minimum Gasteiger partial charge on any atom is -0.488 e. The van der Waals surface area contributed by atoms with E-state index in [2.05, 4.69) is 21.0 Å². The molecule has 0 radical (unpaired) electrons. The third-order valence-corrected chi connectivity index (χ3v) is 5.97. The van der Waals surface area contributed by atoms with E-state index >= 15 is 0 Å². The molecule has 0 N–H and O–H groups in total. The zero-order chi connectivity index (χ0) is 22.0.